The Hall–Kier alpha value is -1.96. The Labute approximate surface area is 95.3 Å². The normalized spacial score (nSPS) is 11.1. The number of hydrogen-bond acceptors (Lipinski definition) is 2. The lowest BCUT2D eigenvalue weighted by atomic mass is 10.1. The monoisotopic (exact) mass is 214 g/mol. The predicted molar refractivity (Wildman–Crippen MR) is 65.9 cm³/mol. The maximum absolute atomic E-state index is 10.8. The molecule has 0 N–H and O–H groups in total. The van der Waals surface area contributed by atoms with Crippen molar-refractivity contribution in [2.24, 2.45) is 0 Å². The van der Waals surface area contributed by atoms with Crippen molar-refractivity contribution >= 4 is 23.7 Å². The summed E-state index contributed by atoms with van der Waals surface area (Å²) in [6, 6.07) is 7.62. The van der Waals surface area contributed by atoms with E-state index >= 15 is 0 Å². The summed E-state index contributed by atoms with van der Waals surface area (Å²) >= 11 is 0. The van der Waals surface area contributed by atoms with Gasteiger partial charge in [0.05, 0.1) is 0 Å². The van der Waals surface area contributed by atoms with Gasteiger partial charge < -0.3 is 0 Å². The second kappa shape index (κ2) is 5.81. The van der Waals surface area contributed by atoms with E-state index in [-0.39, 0.29) is 11.6 Å². The van der Waals surface area contributed by atoms with Crippen molar-refractivity contribution in [3.05, 3.63) is 47.5 Å². The van der Waals surface area contributed by atoms with Gasteiger partial charge in [0.25, 0.3) is 0 Å². The summed E-state index contributed by atoms with van der Waals surface area (Å²) < 4.78 is 0. The molecule has 1 rings (SSSR count). The number of benzene rings is 1. The molecule has 0 unspecified atom stereocenters. The fourth-order valence-electron chi connectivity index (χ4n) is 1.19. The maximum atomic E-state index is 10.8. The van der Waals surface area contributed by atoms with Crippen molar-refractivity contribution in [1.82, 2.24) is 0 Å². The highest BCUT2D eigenvalue weighted by Crippen LogP contribution is 2.08. The molecule has 0 spiro atoms. The Morgan fingerprint density at radius 1 is 0.938 bits per heavy atom. The molecule has 0 fully saturated rings. The van der Waals surface area contributed by atoms with Crippen LogP contribution in [0.4, 0.5) is 0 Å². The molecule has 0 aliphatic carbocycles. The summed E-state index contributed by atoms with van der Waals surface area (Å²) in [7, 11) is 0. The molecule has 0 saturated heterocycles. The van der Waals surface area contributed by atoms with Crippen LogP contribution >= 0.6 is 0 Å². The van der Waals surface area contributed by atoms with Crippen LogP contribution in [0.3, 0.4) is 0 Å². The number of allylic oxidation sites excluding steroid dienone is 2. The standard InChI is InChI=1S/C14H14O2/c1-11(15)6-8-13-4-3-5-14(10-13)9-7-12(2)16/h3-10H,1-2H3. The van der Waals surface area contributed by atoms with Gasteiger partial charge in [-0.05, 0) is 43.2 Å². The topological polar surface area (TPSA) is 34.1 Å². The van der Waals surface area contributed by atoms with Gasteiger partial charge in [0, 0.05) is 0 Å². The van der Waals surface area contributed by atoms with Gasteiger partial charge in [0.2, 0.25) is 0 Å². The van der Waals surface area contributed by atoms with Crippen LogP contribution in [-0.4, -0.2) is 11.6 Å². The lowest BCUT2D eigenvalue weighted by Crippen LogP contribution is -1.82. The molecule has 0 radical (unpaired) electrons. The van der Waals surface area contributed by atoms with Crippen molar-refractivity contribution in [3.8, 4) is 0 Å². The zero-order valence-electron chi connectivity index (χ0n) is 9.44. The molecule has 1 aromatic carbocycles. The smallest absolute Gasteiger partial charge is 0.152 e. The highest BCUT2D eigenvalue weighted by Gasteiger charge is 1.91. The summed E-state index contributed by atoms with van der Waals surface area (Å²) in [6.45, 7) is 3.02. The molecule has 0 aliphatic rings. The van der Waals surface area contributed by atoms with Gasteiger partial charge in [-0.1, -0.05) is 30.4 Å². The van der Waals surface area contributed by atoms with Crippen LogP contribution in [0.2, 0.25) is 0 Å². The van der Waals surface area contributed by atoms with Gasteiger partial charge in [-0.25, -0.2) is 0 Å². The lowest BCUT2D eigenvalue weighted by Gasteiger charge is -1.96. The average Bonchev–Trinajstić information content (AvgIpc) is 2.24. The summed E-state index contributed by atoms with van der Waals surface area (Å²) in [5.41, 5.74) is 1.89. The minimum atomic E-state index is 0.0182. The third-order valence-corrected chi connectivity index (χ3v) is 1.93. The van der Waals surface area contributed by atoms with Crippen molar-refractivity contribution in [2.75, 3.05) is 0 Å². The van der Waals surface area contributed by atoms with E-state index in [0.717, 1.165) is 11.1 Å². The van der Waals surface area contributed by atoms with E-state index in [1.54, 1.807) is 12.2 Å². The molecule has 0 bridgehead atoms. The minimum Gasteiger partial charge on any atom is -0.295 e. The third kappa shape index (κ3) is 4.51. The molecule has 16 heavy (non-hydrogen) atoms. The number of carbonyl (C=O) groups is 2. The molecule has 1 aromatic rings. The third-order valence-electron chi connectivity index (χ3n) is 1.93. The van der Waals surface area contributed by atoms with Gasteiger partial charge in [-0.15, -0.1) is 0 Å². The van der Waals surface area contributed by atoms with Crippen LogP contribution in [0.1, 0.15) is 25.0 Å². The van der Waals surface area contributed by atoms with Gasteiger partial charge >= 0.3 is 0 Å². The molecule has 0 aromatic heterocycles. The van der Waals surface area contributed by atoms with Gasteiger partial charge in [-0.3, -0.25) is 9.59 Å². The number of rotatable bonds is 4. The molecule has 2 nitrogen and oxygen atoms in total. The summed E-state index contributed by atoms with van der Waals surface area (Å²) in [5, 5.41) is 0. The molecule has 0 amide bonds. The van der Waals surface area contributed by atoms with Gasteiger partial charge in [0.1, 0.15) is 0 Å². The maximum Gasteiger partial charge on any atom is 0.152 e. The Morgan fingerprint density at radius 3 is 1.75 bits per heavy atom. The molecule has 0 heterocycles. The van der Waals surface area contributed by atoms with E-state index in [0.29, 0.717) is 0 Å². The van der Waals surface area contributed by atoms with Gasteiger partial charge in [0.15, 0.2) is 11.6 Å². The Bertz CT molecular complexity index is 414. The SMILES string of the molecule is CC(=O)C=Cc1cccc(C=CC(C)=O)c1. The second-order valence-electron chi connectivity index (χ2n) is 3.56. The van der Waals surface area contributed by atoms with Crippen molar-refractivity contribution in [2.45, 2.75) is 13.8 Å². The van der Waals surface area contributed by atoms with Crippen molar-refractivity contribution in [1.29, 1.82) is 0 Å². The van der Waals surface area contributed by atoms with Crippen LogP contribution < -0.4 is 0 Å². The largest absolute Gasteiger partial charge is 0.295 e. The molecular formula is C14H14O2. The van der Waals surface area contributed by atoms with E-state index < -0.39 is 0 Å². The summed E-state index contributed by atoms with van der Waals surface area (Å²) in [4.78, 5) is 21.5. The summed E-state index contributed by atoms with van der Waals surface area (Å²) in [5.74, 6) is 0.0364. The average molecular weight is 214 g/mol. The first-order chi connectivity index (χ1) is 7.58. The number of ketones is 2. The highest BCUT2D eigenvalue weighted by molar-refractivity contribution is 5.92. The molecule has 0 saturated carbocycles. The Balaban J connectivity index is 2.87. The molecular weight excluding hydrogens is 200 g/mol. The van der Waals surface area contributed by atoms with Crippen LogP contribution in [0.5, 0.6) is 0 Å². The van der Waals surface area contributed by atoms with E-state index in [2.05, 4.69) is 0 Å². The first-order valence-electron chi connectivity index (χ1n) is 5.05. The first-order valence-corrected chi connectivity index (χ1v) is 5.05. The Kier molecular flexibility index (Phi) is 4.40. The van der Waals surface area contributed by atoms with Crippen molar-refractivity contribution in [3.63, 3.8) is 0 Å². The molecule has 0 aliphatic heterocycles. The highest BCUT2D eigenvalue weighted by atomic mass is 16.1. The van der Waals surface area contributed by atoms with Crippen LogP contribution in [-0.2, 0) is 9.59 Å². The zero-order chi connectivity index (χ0) is 12.0. The van der Waals surface area contributed by atoms with Crippen LogP contribution in [0.25, 0.3) is 12.2 Å². The van der Waals surface area contributed by atoms with Crippen molar-refractivity contribution < 1.29 is 9.59 Å². The van der Waals surface area contributed by atoms with E-state index in [9.17, 15) is 9.59 Å². The fourth-order valence-corrected chi connectivity index (χ4v) is 1.19. The van der Waals surface area contributed by atoms with Crippen LogP contribution in [0.15, 0.2) is 36.4 Å². The van der Waals surface area contributed by atoms with Crippen LogP contribution in [0, 0.1) is 0 Å². The number of carbonyl (C=O) groups excluding carboxylic acids is 2. The quantitative estimate of drug-likeness (QED) is 0.722. The number of hydrogen-bond donors (Lipinski definition) is 0. The van der Waals surface area contributed by atoms with Gasteiger partial charge in [-0.2, -0.15) is 0 Å². The first kappa shape index (κ1) is 12.1. The predicted octanol–water partition coefficient (Wildman–Crippen LogP) is 2.89. The van der Waals surface area contributed by atoms with E-state index in [1.807, 2.05) is 24.3 Å². The van der Waals surface area contributed by atoms with E-state index in [4.69, 9.17) is 0 Å². The minimum absolute atomic E-state index is 0.0182. The second-order valence-corrected chi connectivity index (χ2v) is 3.56. The molecule has 82 valence electrons. The van der Waals surface area contributed by atoms with E-state index in [1.165, 1.54) is 26.0 Å². The summed E-state index contributed by atoms with van der Waals surface area (Å²) in [6.07, 6.45) is 6.56. The zero-order valence-corrected chi connectivity index (χ0v) is 9.44. The Morgan fingerprint density at radius 2 is 1.38 bits per heavy atom. The molecule has 2 heteroatoms. The lowest BCUT2D eigenvalue weighted by molar-refractivity contribution is -0.113. The fraction of sp³-hybridized carbons (Fsp3) is 0.143. The molecule has 0 atom stereocenters.